The van der Waals surface area contributed by atoms with Crippen LogP contribution in [-0.4, -0.2) is 32.5 Å². The lowest BCUT2D eigenvalue weighted by molar-refractivity contribution is 0.311. The van der Waals surface area contributed by atoms with Crippen LogP contribution in [0.1, 0.15) is 41.6 Å². The van der Waals surface area contributed by atoms with E-state index < -0.39 is 0 Å². The number of aryl methyl sites for hydroxylation is 1. The summed E-state index contributed by atoms with van der Waals surface area (Å²) < 4.78 is 25.0. The van der Waals surface area contributed by atoms with E-state index in [9.17, 15) is 4.79 Å². The van der Waals surface area contributed by atoms with E-state index in [0.29, 0.717) is 38.9 Å². The third-order valence-corrected chi connectivity index (χ3v) is 8.37. The van der Waals surface area contributed by atoms with E-state index in [1.54, 1.807) is 21.3 Å². The highest BCUT2D eigenvalue weighted by Crippen LogP contribution is 2.44. The zero-order valence-electron chi connectivity index (χ0n) is 22.9. The highest BCUT2D eigenvalue weighted by Gasteiger charge is 2.34. The first-order valence-corrected chi connectivity index (χ1v) is 14.0. The Morgan fingerprint density at radius 1 is 0.950 bits per heavy atom. The van der Waals surface area contributed by atoms with Crippen molar-refractivity contribution in [1.82, 2.24) is 4.57 Å². The molecule has 7 nitrogen and oxygen atoms in total. The van der Waals surface area contributed by atoms with Crippen molar-refractivity contribution in [1.29, 1.82) is 0 Å². The lowest BCUT2D eigenvalue weighted by Gasteiger charge is -2.31. The topological polar surface area (TPSA) is 71.3 Å². The molecular formula is C32H30N2O5S. The van der Waals surface area contributed by atoms with Crippen molar-refractivity contribution in [2.75, 3.05) is 27.9 Å². The standard InChI is InChI=1S/C32H30N2O5S/c1-5-39-27-16-19(10-14-26(27)38-4)17-28-31(35)34-30(24-18-21(36-2)12-15-25(24)37-3)23-13-11-20-8-6-7-9-22(20)29(23)33-32(34)40-28/h6-10,12,14-18,30H,5,11,13H2,1-4H3. The number of thiazole rings is 1. The molecule has 2 heterocycles. The first-order chi connectivity index (χ1) is 19.6. The Morgan fingerprint density at radius 2 is 1.75 bits per heavy atom. The van der Waals surface area contributed by atoms with Gasteiger partial charge in [-0.3, -0.25) is 9.36 Å². The molecule has 1 atom stereocenters. The van der Waals surface area contributed by atoms with Crippen LogP contribution in [0, 0.1) is 0 Å². The molecule has 0 fully saturated rings. The molecule has 3 aromatic carbocycles. The van der Waals surface area contributed by atoms with Crippen LogP contribution in [0.4, 0.5) is 0 Å². The zero-order chi connectivity index (χ0) is 27.8. The van der Waals surface area contributed by atoms with Crippen LogP contribution >= 0.6 is 11.3 Å². The van der Waals surface area contributed by atoms with Crippen LogP contribution in [0.25, 0.3) is 11.8 Å². The first kappa shape index (κ1) is 26.0. The summed E-state index contributed by atoms with van der Waals surface area (Å²) in [6.45, 7) is 2.44. The summed E-state index contributed by atoms with van der Waals surface area (Å²) in [5.41, 5.74) is 6.04. The number of ether oxygens (including phenoxy) is 4. The molecule has 0 saturated carbocycles. The molecule has 6 rings (SSSR count). The Bertz CT molecular complexity index is 1820. The maximum Gasteiger partial charge on any atom is 0.271 e. The van der Waals surface area contributed by atoms with Gasteiger partial charge in [-0.2, -0.15) is 0 Å². The van der Waals surface area contributed by atoms with E-state index in [1.165, 1.54) is 16.9 Å². The third-order valence-electron chi connectivity index (χ3n) is 7.39. The minimum absolute atomic E-state index is 0.0993. The average Bonchev–Trinajstić information content (AvgIpc) is 3.30. The van der Waals surface area contributed by atoms with E-state index in [4.69, 9.17) is 23.9 Å². The van der Waals surface area contributed by atoms with Crippen LogP contribution in [0.3, 0.4) is 0 Å². The highest BCUT2D eigenvalue weighted by molar-refractivity contribution is 7.07. The second-order valence-electron chi connectivity index (χ2n) is 9.56. The number of rotatable bonds is 7. The Hall–Kier alpha value is -4.30. The van der Waals surface area contributed by atoms with Crippen LogP contribution in [0.15, 0.2) is 76.0 Å². The van der Waals surface area contributed by atoms with Crippen LogP contribution in [0.5, 0.6) is 23.0 Å². The number of hydrogen-bond donors (Lipinski definition) is 0. The summed E-state index contributed by atoms with van der Waals surface area (Å²) >= 11 is 1.39. The quantitative estimate of drug-likeness (QED) is 0.330. The van der Waals surface area contributed by atoms with E-state index in [0.717, 1.165) is 40.8 Å². The molecule has 1 unspecified atom stereocenters. The van der Waals surface area contributed by atoms with E-state index in [-0.39, 0.29) is 11.6 Å². The third kappa shape index (κ3) is 4.38. The van der Waals surface area contributed by atoms with Crippen molar-refractivity contribution in [3.05, 3.63) is 108 Å². The van der Waals surface area contributed by atoms with Gasteiger partial charge in [0.2, 0.25) is 0 Å². The molecule has 204 valence electrons. The molecule has 0 bridgehead atoms. The molecule has 0 saturated heterocycles. The van der Waals surface area contributed by atoms with Gasteiger partial charge in [0.05, 0.1) is 44.2 Å². The molecular weight excluding hydrogens is 524 g/mol. The second-order valence-corrected chi connectivity index (χ2v) is 10.6. The summed E-state index contributed by atoms with van der Waals surface area (Å²) in [4.78, 5) is 19.9. The molecule has 4 aromatic rings. The predicted molar refractivity (Wildman–Crippen MR) is 156 cm³/mol. The molecule has 40 heavy (non-hydrogen) atoms. The summed E-state index contributed by atoms with van der Waals surface area (Å²) in [5.74, 6) is 2.69. The van der Waals surface area contributed by atoms with Crippen LogP contribution in [-0.2, 0) is 6.42 Å². The molecule has 2 aliphatic rings. The Labute approximate surface area is 236 Å². The normalized spacial score (nSPS) is 16.0. The number of allylic oxidation sites excluding steroid dienone is 1. The number of methoxy groups -OCH3 is 3. The lowest BCUT2D eigenvalue weighted by Crippen LogP contribution is -2.39. The van der Waals surface area contributed by atoms with Gasteiger partial charge < -0.3 is 18.9 Å². The minimum atomic E-state index is -0.373. The fraction of sp³-hybridized carbons (Fsp3) is 0.250. The molecule has 0 radical (unpaired) electrons. The average molecular weight is 555 g/mol. The van der Waals surface area contributed by atoms with E-state index in [1.807, 2.05) is 60.0 Å². The van der Waals surface area contributed by atoms with Gasteiger partial charge >= 0.3 is 0 Å². The molecule has 1 aromatic heterocycles. The number of hydrogen-bond acceptors (Lipinski definition) is 7. The Balaban J connectivity index is 1.60. The Morgan fingerprint density at radius 3 is 2.52 bits per heavy atom. The molecule has 0 amide bonds. The fourth-order valence-electron chi connectivity index (χ4n) is 5.55. The first-order valence-electron chi connectivity index (χ1n) is 13.2. The smallest absolute Gasteiger partial charge is 0.271 e. The number of benzene rings is 3. The van der Waals surface area contributed by atoms with Crippen LogP contribution in [0.2, 0.25) is 0 Å². The van der Waals surface area contributed by atoms with Crippen molar-refractivity contribution in [3.8, 4) is 23.0 Å². The van der Waals surface area contributed by atoms with Gasteiger partial charge in [-0.1, -0.05) is 41.7 Å². The van der Waals surface area contributed by atoms with Crippen molar-refractivity contribution in [3.63, 3.8) is 0 Å². The van der Waals surface area contributed by atoms with Crippen molar-refractivity contribution < 1.29 is 18.9 Å². The van der Waals surface area contributed by atoms with Gasteiger partial charge in [0, 0.05) is 11.1 Å². The second kappa shape index (κ2) is 10.7. The van der Waals surface area contributed by atoms with Gasteiger partial charge in [0.25, 0.3) is 5.56 Å². The van der Waals surface area contributed by atoms with Gasteiger partial charge in [-0.05, 0) is 72.9 Å². The Kier molecular flexibility index (Phi) is 6.94. The van der Waals surface area contributed by atoms with Crippen molar-refractivity contribution in [2.24, 2.45) is 4.99 Å². The van der Waals surface area contributed by atoms with Crippen LogP contribution < -0.4 is 33.8 Å². The monoisotopic (exact) mass is 554 g/mol. The van der Waals surface area contributed by atoms with Gasteiger partial charge in [0.1, 0.15) is 11.5 Å². The molecule has 1 aliphatic heterocycles. The molecule has 0 spiro atoms. The summed E-state index contributed by atoms with van der Waals surface area (Å²) in [5, 5.41) is 0. The molecule has 0 N–H and O–H groups in total. The zero-order valence-corrected chi connectivity index (χ0v) is 23.7. The SMILES string of the molecule is CCOc1cc(C=c2sc3n(c2=O)C(c2cc(OC)ccc2OC)C2=C(N=3)c3ccccc3CC2)ccc1OC. The molecule has 8 heteroatoms. The largest absolute Gasteiger partial charge is 0.497 e. The predicted octanol–water partition coefficient (Wildman–Crippen LogP) is 4.74. The van der Waals surface area contributed by atoms with E-state index in [2.05, 4.69) is 18.2 Å². The van der Waals surface area contributed by atoms with E-state index >= 15 is 0 Å². The van der Waals surface area contributed by atoms with Crippen molar-refractivity contribution >= 4 is 23.1 Å². The summed E-state index contributed by atoms with van der Waals surface area (Å²) in [6, 6.07) is 19.4. The van der Waals surface area contributed by atoms with Crippen molar-refractivity contribution in [2.45, 2.75) is 25.8 Å². The number of nitrogens with zero attached hydrogens (tertiary/aromatic N) is 2. The maximum atomic E-state index is 14.1. The van der Waals surface area contributed by atoms with Gasteiger partial charge in [-0.15, -0.1) is 0 Å². The fourth-order valence-corrected chi connectivity index (χ4v) is 6.56. The number of aromatic nitrogens is 1. The minimum Gasteiger partial charge on any atom is -0.497 e. The number of fused-ring (bicyclic) bond motifs is 3. The van der Waals surface area contributed by atoms with Gasteiger partial charge in [-0.25, -0.2) is 4.99 Å². The molecule has 1 aliphatic carbocycles. The van der Waals surface area contributed by atoms with Gasteiger partial charge in [0.15, 0.2) is 16.3 Å². The maximum absolute atomic E-state index is 14.1. The summed E-state index contributed by atoms with van der Waals surface area (Å²) in [6.07, 6.45) is 3.56. The summed E-state index contributed by atoms with van der Waals surface area (Å²) in [7, 11) is 4.91. The lowest BCUT2D eigenvalue weighted by atomic mass is 9.83. The highest BCUT2D eigenvalue weighted by atomic mass is 32.1.